The number of likely N-dealkylation sites (tertiary alicyclic amines) is 1. The van der Waals surface area contributed by atoms with E-state index in [-0.39, 0.29) is 17.3 Å². The van der Waals surface area contributed by atoms with Crippen molar-refractivity contribution < 1.29 is 9.72 Å². The fraction of sp³-hybridized carbons (Fsp3) is 0.462. The third-order valence-electron chi connectivity index (χ3n) is 3.46. The molecule has 0 aliphatic carbocycles. The molecule has 20 heavy (non-hydrogen) atoms. The summed E-state index contributed by atoms with van der Waals surface area (Å²) in [6.07, 6.45) is 0.863. The van der Waals surface area contributed by atoms with Crippen LogP contribution in [-0.4, -0.2) is 49.0 Å². The van der Waals surface area contributed by atoms with Crippen LogP contribution in [0.4, 0.5) is 11.4 Å². The van der Waals surface area contributed by atoms with Gasteiger partial charge in [-0.25, -0.2) is 0 Å². The van der Waals surface area contributed by atoms with E-state index in [0.29, 0.717) is 5.69 Å². The van der Waals surface area contributed by atoms with E-state index in [4.69, 9.17) is 0 Å². The molecule has 0 radical (unpaired) electrons. The third-order valence-corrected chi connectivity index (χ3v) is 3.46. The van der Waals surface area contributed by atoms with Crippen LogP contribution in [0.15, 0.2) is 18.2 Å². The molecule has 0 aromatic heterocycles. The van der Waals surface area contributed by atoms with Crippen molar-refractivity contribution in [1.82, 2.24) is 10.2 Å². The van der Waals surface area contributed by atoms with Crippen LogP contribution in [0.2, 0.25) is 0 Å². The van der Waals surface area contributed by atoms with Gasteiger partial charge < -0.3 is 15.5 Å². The van der Waals surface area contributed by atoms with Crippen LogP contribution in [0.1, 0.15) is 16.8 Å². The number of carbonyl (C=O) groups excluding carboxylic acids is 1. The van der Waals surface area contributed by atoms with Gasteiger partial charge in [0.25, 0.3) is 5.91 Å². The van der Waals surface area contributed by atoms with Crippen molar-refractivity contribution in [1.29, 1.82) is 0 Å². The van der Waals surface area contributed by atoms with E-state index in [1.165, 1.54) is 6.07 Å². The van der Waals surface area contributed by atoms with Crippen LogP contribution >= 0.6 is 0 Å². The summed E-state index contributed by atoms with van der Waals surface area (Å²) < 4.78 is 0. The smallest absolute Gasteiger partial charge is 0.305 e. The van der Waals surface area contributed by atoms with Crippen molar-refractivity contribution in [2.24, 2.45) is 0 Å². The Morgan fingerprint density at radius 1 is 1.50 bits per heavy atom. The topological polar surface area (TPSA) is 87.5 Å². The molecule has 1 fully saturated rings. The first kappa shape index (κ1) is 14.3. The predicted octanol–water partition coefficient (Wildman–Crippen LogP) is 1.07. The normalized spacial score (nSPS) is 18.8. The van der Waals surface area contributed by atoms with Gasteiger partial charge in [0.1, 0.15) is 11.3 Å². The number of hydrogen-bond acceptors (Lipinski definition) is 5. The van der Waals surface area contributed by atoms with Gasteiger partial charge in [0.2, 0.25) is 0 Å². The standard InChI is InChI=1S/C13H18N4O3/c1-14-11-5-3-4-10(12(11)17(19)20)13(18)15-9-6-7-16(2)8-9/h3-5,9,14H,6-8H2,1-2H3,(H,15,18). The summed E-state index contributed by atoms with van der Waals surface area (Å²) in [5, 5.41) is 16.8. The molecule has 1 aromatic carbocycles. The number of likely N-dealkylation sites (N-methyl/N-ethyl adjacent to an activating group) is 1. The lowest BCUT2D eigenvalue weighted by Gasteiger charge is -2.13. The Kier molecular flexibility index (Phi) is 4.19. The number of nitro groups is 1. The largest absolute Gasteiger partial charge is 0.383 e. The molecule has 0 saturated carbocycles. The quantitative estimate of drug-likeness (QED) is 0.635. The van der Waals surface area contributed by atoms with Gasteiger partial charge in [-0.1, -0.05) is 6.07 Å². The highest BCUT2D eigenvalue weighted by Crippen LogP contribution is 2.28. The summed E-state index contributed by atoms with van der Waals surface area (Å²) in [4.78, 5) is 25.0. The SMILES string of the molecule is CNc1cccc(C(=O)NC2CCN(C)C2)c1[N+](=O)[O-]. The van der Waals surface area contributed by atoms with E-state index in [0.717, 1.165) is 19.5 Å². The molecule has 1 atom stereocenters. The van der Waals surface area contributed by atoms with Gasteiger partial charge in [-0.3, -0.25) is 14.9 Å². The highest BCUT2D eigenvalue weighted by Gasteiger charge is 2.27. The average molecular weight is 278 g/mol. The molecule has 1 amide bonds. The van der Waals surface area contributed by atoms with Crippen LogP contribution < -0.4 is 10.6 Å². The summed E-state index contributed by atoms with van der Waals surface area (Å²) in [5.41, 5.74) is 0.251. The zero-order valence-corrected chi connectivity index (χ0v) is 11.5. The number of nitrogens with one attached hydrogen (secondary N) is 2. The van der Waals surface area contributed by atoms with E-state index in [1.54, 1.807) is 19.2 Å². The molecule has 1 heterocycles. The van der Waals surface area contributed by atoms with Crippen molar-refractivity contribution >= 4 is 17.3 Å². The fourth-order valence-corrected chi connectivity index (χ4v) is 2.44. The molecule has 1 unspecified atom stereocenters. The molecule has 7 heteroatoms. The van der Waals surface area contributed by atoms with E-state index in [9.17, 15) is 14.9 Å². The van der Waals surface area contributed by atoms with Gasteiger partial charge >= 0.3 is 5.69 Å². The Morgan fingerprint density at radius 2 is 2.25 bits per heavy atom. The Balaban J connectivity index is 2.23. The van der Waals surface area contributed by atoms with Gasteiger partial charge in [0.15, 0.2) is 0 Å². The molecule has 1 aliphatic heterocycles. The van der Waals surface area contributed by atoms with E-state index >= 15 is 0 Å². The number of nitro benzene ring substituents is 1. The number of hydrogen-bond donors (Lipinski definition) is 2. The first-order chi connectivity index (χ1) is 9.52. The van der Waals surface area contributed by atoms with E-state index in [1.807, 2.05) is 7.05 Å². The molecule has 1 saturated heterocycles. The second kappa shape index (κ2) is 5.87. The summed E-state index contributed by atoms with van der Waals surface area (Å²) in [6, 6.07) is 4.74. The van der Waals surface area contributed by atoms with Crippen molar-refractivity contribution in [2.45, 2.75) is 12.5 Å². The molecule has 2 rings (SSSR count). The zero-order chi connectivity index (χ0) is 14.7. The summed E-state index contributed by atoms with van der Waals surface area (Å²) in [5.74, 6) is -0.394. The minimum Gasteiger partial charge on any atom is -0.383 e. The van der Waals surface area contributed by atoms with Crippen LogP contribution in [0.3, 0.4) is 0 Å². The lowest BCUT2D eigenvalue weighted by atomic mass is 10.1. The first-order valence-electron chi connectivity index (χ1n) is 6.47. The van der Waals surface area contributed by atoms with Crippen LogP contribution in [0, 0.1) is 10.1 Å². The maximum atomic E-state index is 12.2. The van der Waals surface area contributed by atoms with Gasteiger partial charge in [0.05, 0.1) is 4.92 Å². The average Bonchev–Trinajstić information content (AvgIpc) is 2.82. The van der Waals surface area contributed by atoms with Crippen molar-refractivity contribution in [2.75, 3.05) is 32.5 Å². The lowest BCUT2D eigenvalue weighted by molar-refractivity contribution is -0.384. The monoisotopic (exact) mass is 278 g/mol. The van der Waals surface area contributed by atoms with Gasteiger partial charge in [-0.15, -0.1) is 0 Å². The molecule has 1 aliphatic rings. The number of rotatable bonds is 4. The van der Waals surface area contributed by atoms with Crippen LogP contribution in [-0.2, 0) is 0 Å². The molecule has 0 spiro atoms. The van der Waals surface area contributed by atoms with Crippen molar-refractivity contribution in [3.05, 3.63) is 33.9 Å². The number of nitrogens with zero attached hydrogens (tertiary/aromatic N) is 2. The second-order valence-corrected chi connectivity index (χ2v) is 4.93. The number of amides is 1. The Bertz CT molecular complexity index is 532. The number of anilines is 1. The molecular weight excluding hydrogens is 260 g/mol. The summed E-state index contributed by atoms with van der Waals surface area (Å²) in [7, 11) is 3.58. The molecular formula is C13H18N4O3. The first-order valence-corrected chi connectivity index (χ1v) is 6.47. The highest BCUT2D eigenvalue weighted by atomic mass is 16.6. The maximum Gasteiger partial charge on any atom is 0.305 e. The summed E-state index contributed by atoms with van der Waals surface area (Å²) >= 11 is 0. The van der Waals surface area contributed by atoms with Gasteiger partial charge in [-0.05, 0) is 32.1 Å². The molecule has 7 nitrogen and oxygen atoms in total. The van der Waals surface area contributed by atoms with Gasteiger partial charge in [-0.2, -0.15) is 0 Å². The van der Waals surface area contributed by atoms with E-state index < -0.39 is 10.8 Å². The number of para-hydroxylation sites is 1. The Morgan fingerprint density at radius 3 is 2.80 bits per heavy atom. The Labute approximate surface area is 117 Å². The van der Waals surface area contributed by atoms with E-state index in [2.05, 4.69) is 15.5 Å². The number of benzene rings is 1. The second-order valence-electron chi connectivity index (χ2n) is 4.93. The van der Waals surface area contributed by atoms with Crippen LogP contribution in [0.5, 0.6) is 0 Å². The maximum absolute atomic E-state index is 12.2. The minimum absolute atomic E-state index is 0.0466. The minimum atomic E-state index is -0.526. The molecule has 108 valence electrons. The molecule has 0 bridgehead atoms. The number of carbonyl (C=O) groups is 1. The van der Waals surface area contributed by atoms with Gasteiger partial charge in [0, 0.05) is 19.6 Å². The van der Waals surface area contributed by atoms with Crippen LogP contribution in [0.25, 0.3) is 0 Å². The highest BCUT2D eigenvalue weighted by molar-refractivity contribution is 6.00. The van der Waals surface area contributed by atoms with Crippen molar-refractivity contribution in [3.8, 4) is 0 Å². The predicted molar refractivity (Wildman–Crippen MR) is 76.0 cm³/mol. The van der Waals surface area contributed by atoms with Crippen molar-refractivity contribution in [3.63, 3.8) is 0 Å². The summed E-state index contributed by atoms with van der Waals surface area (Å²) in [6.45, 7) is 1.69. The molecule has 1 aromatic rings. The lowest BCUT2D eigenvalue weighted by Crippen LogP contribution is -2.36. The zero-order valence-electron chi connectivity index (χ0n) is 11.5. The fourth-order valence-electron chi connectivity index (χ4n) is 2.44. The third kappa shape index (κ3) is 2.88. The molecule has 2 N–H and O–H groups in total. The Hall–Kier alpha value is -2.15.